The summed E-state index contributed by atoms with van der Waals surface area (Å²) in [7, 11) is -4.52. The van der Waals surface area contributed by atoms with Crippen molar-refractivity contribution in [1.82, 2.24) is 0 Å². The molecule has 0 aliphatic rings. The minimum atomic E-state index is -4.52. The molecule has 0 saturated carbocycles. The standard InChI is InChI=1S/C13H17ClF2O2S/c1-13(2,3)11(14)8-9-4-6-10(7-5-9)19(17,18)12(15)16/h4-7,11-12H,8H2,1-3H3. The molecule has 0 fully saturated rings. The Morgan fingerprint density at radius 1 is 1.16 bits per heavy atom. The first-order valence-electron chi connectivity index (χ1n) is 5.80. The first-order valence-corrected chi connectivity index (χ1v) is 7.78. The van der Waals surface area contributed by atoms with Crippen LogP contribution in [0.25, 0.3) is 0 Å². The van der Waals surface area contributed by atoms with Crippen molar-refractivity contribution in [2.75, 3.05) is 0 Å². The molecule has 1 aromatic rings. The quantitative estimate of drug-likeness (QED) is 0.791. The van der Waals surface area contributed by atoms with Gasteiger partial charge < -0.3 is 0 Å². The van der Waals surface area contributed by atoms with Gasteiger partial charge in [-0.15, -0.1) is 11.6 Å². The van der Waals surface area contributed by atoms with Gasteiger partial charge in [0.15, 0.2) is 0 Å². The zero-order valence-corrected chi connectivity index (χ0v) is 12.6. The first-order chi connectivity index (χ1) is 8.55. The number of benzene rings is 1. The van der Waals surface area contributed by atoms with Crippen LogP contribution in [0, 0.1) is 5.41 Å². The molecule has 0 heterocycles. The minimum Gasteiger partial charge on any atom is -0.218 e. The number of hydrogen-bond donors (Lipinski definition) is 0. The lowest BCUT2D eigenvalue weighted by molar-refractivity contribution is 0.234. The third kappa shape index (κ3) is 4.14. The SMILES string of the molecule is CC(C)(C)C(Cl)Cc1ccc(S(=O)(=O)C(F)F)cc1. The topological polar surface area (TPSA) is 34.1 Å². The molecule has 0 radical (unpaired) electrons. The molecule has 0 saturated heterocycles. The molecule has 0 aliphatic carbocycles. The van der Waals surface area contributed by atoms with Crippen LogP contribution < -0.4 is 0 Å². The number of halogens is 3. The van der Waals surface area contributed by atoms with Crippen LogP contribution in [-0.2, 0) is 16.3 Å². The molecule has 0 spiro atoms. The normalized spacial score (nSPS) is 14.7. The second kappa shape index (κ2) is 5.75. The fraction of sp³-hybridized carbons (Fsp3) is 0.538. The number of rotatable bonds is 4. The van der Waals surface area contributed by atoms with Crippen molar-refractivity contribution in [1.29, 1.82) is 0 Å². The molecule has 0 amide bonds. The van der Waals surface area contributed by atoms with E-state index in [1.54, 1.807) is 0 Å². The maximum absolute atomic E-state index is 12.4. The van der Waals surface area contributed by atoms with Gasteiger partial charge >= 0.3 is 5.76 Å². The largest absolute Gasteiger partial charge is 0.341 e. The van der Waals surface area contributed by atoms with Gasteiger partial charge in [-0.25, -0.2) is 8.42 Å². The average Bonchev–Trinajstić information content (AvgIpc) is 2.28. The van der Waals surface area contributed by atoms with Gasteiger partial charge in [-0.1, -0.05) is 32.9 Å². The highest BCUT2D eigenvalue weighted by Gasteiger charge is 2.27. The van der Waals surface area contributed by atoms with Gasteiger partial charge in [0.2, 0.25) is 9.84 Å². The predicted molar refractivity (Wildman–Crippen MR) is 72.4 cm³/mol. The van der Waals surface area contributed by atoms with Crippen LogP contribution in [0.1, 0.15) is 26.3 Å². The fourth-order valence-corrected chi connectivity index (χ4v) is 2.33. The smallest absolute Gasteiger partial charge is 0.218 e. The Labute approximate surface area is 117 Å². The molecule has 2 nitrogen and oxygen atoms in total. The Hall–Kier alpha value is -0.680. The van der Waals surface area contributed by atoms with E-state index in [1.807, 2.05) is 20.8 Å². The molecule has 0 N–H and O–H groups in total. The number of sulfone groups is 1. The summed E-state index contributed by atoms with van der Waals surface area (Å²) in [4.78, 5) is -0.367. The van der Waals surface area contributed by atoms with E-state index in [-0.39, 0.29) is 15.7 Å². The van der Waals surface area contributed by atoms with E-state index in [1.165, 1.54) is 24.3 Å². The van der Waals surface area contributed by atoms with Crippen LogP contribution in [0.15, 0.2) is 29.2 Å². The molecule has 0 aliphatic heterocycles. The summed E-state index contributed by atoms with van der Waals surface area (Å²) in [5.41, 5.74) is 0.734. The van der Waals surface area contributed by atoms with E-state index < -0.39 is 15.6 Å². The van der Waals surface area contributed by atoms with Crippen LogP contribution in [0.5, 0.6) is 0 Å². The lowest BCUT2D eigenvalue weighted by Crippen LogP contribution is -2.22. The Balaban J connectivity index is 2.90. The van der Waals surface area contributed by atoms with Crippen molar-refractivity contribution in [3.8, 4) is 0 Å². The van der Waals surface area contributed by atoms with Crippen molar-refractivity contribution in [2.45, 2.75) is 43.2 Å². The van der Waals surface area contributed by atoms with Crippen LogP contribution >= 0.6 is 11.6 Å². The highest BCUT2D eigenvalue weighted by Crippen LogP contribution is 2.28. The van der Waals surface area contributed by atoms with Gasteiger partial charge in [0.1, 0.15) is 0 Å². The van der Waals surface area contributed by atoms with Gasteiger partial charge in [0.25, 0.3) is 0 Å². The monoisotopic (exact) mass is 310 g/mol. The summed E-state index contributed by atoms with van der Waals surface area (Å²) in [6.07, 6.45) is 0.556. The van der Waals surface area contributed by atoms with E-state index >= 15 is 0 Å². The average molecular weight is 311 g/mol. The third-order valence-electron chi connectivity index (χ3n) is 2.84. The molecule has 1 unspecified atom stereocenters. The number of hydrogen-bond acceptors (Lipinski definition) is 2. The molecular weight excluding hydrogens is 294 g/mol. The van der Waals surface area contributed by atoms with Gasteiger partial charge in [-0.2, -0.15) is 8.78 Å². The molecule has 6 heteroatoms. The van der Waals surface area contributed by atoms with Gasteiger partial charge in [0.05, 0.1) is 4.90 Å². The molecule has 1 atom stereocenters. The zero-order chi connectivity index (χ0) is 14.8. The fourth-order valence-electron chi connectivity index (χ4n) is 1.43. The van der Waals surface area contributed by atoms with Gasteiger partial charge in [-0.05, 0) is 29.5 Å². The van der Waals surface area contributed by atoms with E-state index in [0.717, 1.165) is 5.56 Å². The van der Waals surface area contributed by atoms with E-state index in [4.69, 9.17) is 11.6 Å². The molecule has 1 rings (SSSR count). The molecule has 0 aromatic heterocycles. The van der Waals surface area contributed by atoms with Crippen molar-refractivity contribution < 1.29 is 17.2 Å². The van der Waals surface area contributed by atoms with Crippen LogP contribution in [0.4, 0.5) is 8.78 Å². The molecule has 19 heavy (non-hydrogen) atoms. The second-order valence-corrected chi connectivity index (χ2v) is 7.93. The molecular formula is C13H17ClF2O2S. The lowest BCUT2D eigenvalue weighted by Gasteiger charge is -2.25. The highest BCUT2D eigenvalue weighted by atomic mass is 35.5. The Morgan fingerprint density at radius 3 is 2.00 bits per heavy atom. The molecule has 1 aromatic carbocycles. The predicted octanol–water partition coefficient (Wildman–Crippen LogP) is 3.88. The van der Waals surface area contributed by atoms with Crippen molar-refractivity contribution in [3.05, 3.63) is 29.8 Å². The van der Waals surface area contributed by atoms with Crippen LogP contribution in [-0.4, -0.2) is 19.6 Å². The highest BCUT2D eigenvalue weighted by molar-refractivity contribution is 7.91. The summed E-state index contributed by atoms with van der Waals surface area (Å²) < 4.78 is 47.2. The summed E-state index contributed by atoms with van der Waals surface area (Å²) in [6, 6.07) is 5.44. The Kier molecular flexibility index (Phi) is 4.96. The van der Waals surface area contributed by atoms with Crippen LogP contribution in [0.2, 0.25) is 0 Å². The Bertz CT molecular complexity index is 519. The maximum Gasteiger partial charge on any atom is 0.341 e. The minimum absolute atomic E-state index is 0.0880. The van der Waals surface area contributed by atoms with Crippen molar-refractivity contribution in [2.24, 2.45) is 5.41 Å². The molecule has 108 valence electrons. The van der Waals surface area contributed by atoms with E-state index in [0.29, 0.717) is 6.42 Å². The van der Waals surface area contributed by atoms with E-state index in [2.05, 4.69) is 0 Å². The third-order valence-corrected chi connectivity index (χ3v) is 5.05. The first kappa shape index (κ1) is 16.4. The lowest BCUT2D eigenvalue weighted by atomic mass is 9.88. The van der Waals surface area contributed by atoms with Gasteiger partial charge in [0, 0.05) is 5.38 Å². The summed E-state index contributed by atoms with van der Waals surface area (Å²) in [5.74, 6) is -3.39. The van der Waals surface area contributed by atoms with Crippen molar-refractivity contribution >= 4 is 21.4 Å². The zero-order valence-electron chi connectivity index (χ0n) is 11.0. The Morgan fingerprint density at radius 2 is 1.63 bits per heavy atom. The summed E-state index contributed by atoms with van der Waals surface area (Å²) >= 11 is 6.23. The summed E-state index contributed by atoms with van der Waals surface area (Å²) in [6.45, 7) is 6.00. The summed E-state index contributed by atoms with van der Waals surface area (Å²) in [5, 5.41) is -0.120. The van der Waals surface area contributed by atoms with Crippen molar-refractivity contribution in [3.63, 3.8) is 0 Å². The maximum atomic E-state index is 12.4. The van der Waals surface area contributed by atoms with Gasteiger partial charge in [-0.3, -0.25) is 0 Å². The second-order valence-electron chi connectivity index (χ2n) is 5.49. The molecule has 0 bridgehead atoms. The number of alkyl halides is 3. The van der Waals surface area contributed by atoms with Crippen LogP contribution in [0.3, 0.4) is 0 Å². The van der Waals surface area contributed by atoms with E-state index in [9.17, 15) is 17.2 Å².